The van der Waals surface area contributed by atoms with E-state index in [-0.39, 0.29) is 5.91 Å². The number of hydrogen-bond acceptors (Lipinski definition) is 5. The number of carbonyl (C=O) groups excluding carboxylic acids is 1. The summed E-state index contributed by atoms with van der Waals surface area (Å²) in [6.45, 7) is 8.30. The fourth-order valence-corrected chi connectivity index (χ4v) is 5.07. The first-order valence-electron chi connectivity index (χ1n) is 11.5. The standard InChI is InChI=1S/C25H31N5OS/c1-4-19-8-6-9-20(5-2)23(19)30-24(21-10-7-13-26-16-21)27-28-25(30)32-17-22(31)29-14-11-18(3)12-15-29/h6-10,13,16,18H,4-5,11-12,14-15,17H2,1-3H3. The summed E-state index contributed by atoms with van der Waals surface area (Å²) in [5.74, 6) is 2.01. The largest absolute Gasteiger partial charge is 0.342 e. The van der Waals surface area contributed by atoms with Gasteiger partial charge in [-0.3, -0.25) is 14.3 Å². The number of pyridine rings is 1. The molecule has 6 nitrogen and oxygen atoms in total. The van der Waals surface area contributed by atoms with E-state index in [1.165, 1.54) is 22.9 Å². The molecule has 2 aromatic heterocycles. The maximum absolute atomic E-state index is 12.9. The van der Waals surface area contributed by atoms with Gasteiger partial charge in [0, 0.05) is 31.0 Å². The SMILES string of the molecule is CCc1cccc(CC)c1-n1c(SCC(=O)N2CCC(C)CC2)nnc1-c1cccnc1. The van der Waals surface area contributed by atoms with Crippen LogP contribution < -0.4 is 0 Å². The minimum atomic E-state index is 0.180. The van der Waals surface area contributed by atoms with Crippen LogP contribution in [0.2, 0.25) is 0 Å². The minimum absolute atomic E-state index is 0.180. The van der Waals surface area contributed by atoms with Crippen molar-refractivity contribution in [3.63, 3.8) is 0 Å². The summed E-state index contributed by atoms with van der Waals surface area (Å²) in [5, 5.41) is 9.82. The zero-order chi connectivity index (χ0) is 22.5. The van der Waals surface area contributed by atoms with Crippen LogP contribution in [-0.4, -0.2) is 49.4 Å². The molecule has 0 bridgehead atoms. The molecule has 3 heterocycles. The third kappa shape index (κ3) is 4.72. The van der Waals surface area contributed by atoms with Crippen LogP contribution in [0.4, 0.5) is 0 Å². The number of benzene rings is 1. The van der Waals surface area contributed by atoms with E-state index in [0.29, 0.717) is 11.7 Å². The summed E-state index contributed by atoms with van der Waals surface area (Å²) in [6.07, 6.45) is 7.55. The first-order chi connectivity index (χ1) is 15.6. The lowest BCUT2D eigenvalue weighted by atomic mass is 9.99. The molecule has 1 aromatic carbocycles. The van der Waals surface area contributed by atoms with Crippen LogP contribution in [0.25, 0.3) is 17.1 Å². The van der Waals surface area contributed by atoms with Gasteiger partial charge in [0.1, 0.15) is 0 Å². The molecule has 7 heteroatoms. The number of amides is 1. The molecule has 1 aliphatic rings. The molecule has 0 atom stereocenters. The molecule has 1 saturated heterocycles. The van der Waals surface area contributed by atoms with E-state index in [4.69, 9.17) is 0 Å². The number of rotatable bonds is 7. The van der Waals surface area contributed by atoms with Gasteiger partial charge in [-0.25, -0.2) is 0 Å². The van der Waals surface area contributed by atoms with Crippen LogP contribution in [0.3, 0.4) is 0 Å². The molecule has 4 rings (SSSR count). The zero-order valence-corrected chi connectivity index (χ0v) is 19.9. The highest BCUT2D eigenvalue weighted by Crippen LogP contribution is 2.32. The van der Waals surface area contributed by atoms with Gasteiger partial charge in [-0.15, -0.1) is 10.2 Å². The van der Waals surface area contributed by atoms with Crippen LogP contribution in [0.15, 0.2) is 47.9 Å². The van der Waals surface area contributed by atoms with Crippen molar-refractivity contribution >= 4 is 17.7 Å². The number of hydrogen-bond donors (Lipinski definition) is 0. The number of aryl methyl sites for hydroxylation is 2. The average molecular weight is 450 g/mol. The van der Waals surface area contributed by atoms with E-state index in [0.717, 1.165) is 61.0 Å². The molecule has 3 aromatic rings. The molecule has 1 amide bonds. The van der Waals surface area contributed by atoms with Gasteiger partial charge < -0.3 is 4.90 Å². The second-order valence-electron chi connectivity index (χ2n) is 8.37. The van der Waals surface area contributed by atoms with Gasteiger partial charge in [0.25, 0.3) is 0 Å². The number of thioether (sulfide) groups is 1. The lowest BCUT2D eigenvalue weighted by molar-refractivity contribution is -0.129. The first kappa shape index (κ1) is 22.5. The van der Waals surface area contributed by atoms with Crippen molar-refractivity contribution in [2.75, 3.05) is 18.8 Å². The molecule has 1 fully saturated rings. The van der Waals surface area contributed by atoms with Crippen LogP contribution >= 0.6 is 11.8 Å². The average Bonchev–Trinajstić information content (AvgIpc) is 3.26. The van der Waals surface area contributed by atoms with Crippen molar-refractivity contribution in [3.05, 3.63) is 53.9 Å². The Bertz CT molecular complexity index is 1040. The minimum Gasteiger partial charge on any atom is -0.342 e. The third-order valence-corrected chi connectivity index (χ3v) is 7.12. The van der Waals surface area contributed by atoms with Gasteiger partial charge in [-0.1, -0.05) is 50.7 Å². The fourth-order valence-electron chi connectivity index (χ4n) is 4.22. The molecular formula is C25H31N5OS. The van der Waals surface area contributed by atoms with E-state index in [2.05, 4.69) is 58.7 Å². The second-order valence-corrected chi connectivity index (χ2v) is 9.31. The van der Waals surface area contributed by atoms with E-state index < -0.39 is 0 Å². The topological polar surface area (TPSA) is 63.9 Å². The number of likely N-dealkylation sites (tertiary alicyclic amines) is 1. The summed E-state index contributed by atoms with van der Waals surface area (Å²) in [5.41, 5.74) is 4.53. The maximum atomic E-state index is 12.9. The number of aromatic nitrogens is 4. The lowest BCUT2D eigenvalue weighted by Crippen LogP contribution is -2.38. The van der Waals surface area contributed by atoms with Crippen molar-refractivity contribution in [2.24, 2.45) is 5.92 Å². The number of piperidine rings is 1. The summed E-state index contributed by atoms with van der Waals surface area (Å²) >= 11 is 1.48. The Balaban J connectivity index is 1.70. The Morgan fingerprint density at radius 2 is 1.78 bits per heavy atom. The van der Waals surface area contributed by atoms with Gasteiger partial charge >= 0.3 is 0 Å². The van der Waals surface area contributed by atoms with Crippen molar-refractivity contribution in [3.8, 4) is 17.1 Å². The van der Waals surface area contributed by atoms with Crippen LogP contribution in [0, 0.1) is 5.92 Å². The molecule has 1 aliphatic heterocycles. The highest BCUT2D eigenvalue weighted by Gasteiger charge is 2.24. The van der Waals surface area contributed by atoms with E-state index in [1.54, 1.807) is 6.20 Å². The number of carbonyl (C=O) groups is 1. The maximum Gasteiger partial charge on any atom is 0.233 e. The molecule has 168 valence electrons. The third-order valence-electron chi connectivity index (χ3n) is 6.20. The predicted octanol–water partition coefficient (Wildman–Crippen LogP) is 4.80. The van der Waals surface area contributed by atoms with Gasteiger partial charge in [0.15, 0.2) is 11.0 Å². The second kappa shape index (κ2) is 10.3. The van der Waals surface area contributed by atoms with Gasteiger partial charge in [0.05, 0.1) is 11.4 Å². The Labute approximate surface area is 194 Å². The summed E-state index contributed by atoms with van der Waals surface area (Å²) in [7, 11) is 0. The van der Waals surface area contributed by atoms with Crippen molar-refractivity contribution in [1.29, 1.82) is 0 Å². The summed E-state index contributed by atoms with van der Waals surface area (Å²) in [4.78, 5) is 19.2. The number of nitrogens with zero attached hydrogens (tertiary/aromatic N) is 5. The zero-order valence-electron chi connectivity index (χ0n) is 19.1. The predicted molar refractivity (Wildman–Crippen MR) is 129 cm³/mol. The molecule has 0 radical (unpaired) electrons. The number of para-hydroxylation sites is 1. The smallest absolute Gasteiger partial charge is 0.233 e. The van der Waals surface area contributed by atoms with Crippen molar-refractivity contribution in [1.82, 2.24) is 24.6 Å². The molecule has 0 unspecified atom stereocenters. The highest BCUT2D eigenvalue weighted by molar-refractivity contribution is 7.99. The Hall–Kier alpha value is -2.67. The molecule has 0 saturated carbocycles. The first-order valence-corrected chi connectivity index (χ1v) is 12.5. The fraction of sp³-hybridized carbons (Fsp3) is 0.440. The van der Waals surface area contributed by atoms with Gasteiger partial charge in [-0.2, -0.15) is 0 Å². The van der Waals surface area contributed by atoms with E-state index in [9.17, 15) is 4.79 Å². The van der Waals surface area contributed by atoms with Crippen LogP contribution in [0.5, 0.6) is 0 Å². The van der Waals surface area contributed by atoms with E-state index in [1.807, 2.05) is 23.2 Å². The summed E-state index contributed by atoms with van der Waals surface area (Å²) in [6, 6.07) is 10.4. The molecule has 0 N–H and O–H groups in total. The quantitative estimate of drug-likeness (QED) is 0.485. The molecule has 0 spiro atoms. The monoisotopic (exact) mass is 449 g/mol. The van der Waals surface area contributed by atoms with Crippen molar-refractivity contribution in [2.45, 2.75) is 51.6 Å². The van der Waals surface area contributed by atoms with Gasteiger partial charge in [0.2, 0.25) is 5.91 Å². The normalized spacial score (nSPS) is 14.7. The Morgan fingerprint density at radius 1 is 1.06 bits per heavy atom. The highest BCUT2D eigenvalue weighted by atomic mass is 32.2. The van der Waals surface area contributed by atoms with Gasteiger partial charge in [-0.05, 0) is 54.9 Å². The Morgan fingerprint density at radius 3 is 2.41 bits per heavy atom. The summed E-state index contributed by atoms with van der Waals surface area (Å²) < 4.78 is 2.13. The van der Waals surface area contributed by atoms with Crippen LogP contribution in [0.1, 0.15) is 44.7 Å². The van der Waals surface area contributed by atoms with Crippen molar-refractivity contribution < 1.29 is 4.79 Å². The van der Waals surface area contributed by atoms with E-state index >= 15 is 0 Å². The molecule has 32 heavy (non-hydrogen) atoms. The Kier molecular flexibility index (Phi) is 7.25. The molecular weight excluding hydrogens is 418 g/mol. The lowest BCUT2D eigenvalue weighted by Gasteiger charge is -2.30. The molecule has 0 aliphatic carbocycles. The van der Waals surface area contributed by atoms with Crippen LogP contribution in [-0.2, 0) is 17.6 Å².